The molecule has 0 unspecified atom stereocenters. The zero-order chi connectivity index (χ0) is 8.15. The van der Waals surface area contributed by atoms with Crippen molar-refractivity contribution in [2.24, 2.45) is 5.16 Å². The Morgan fingerprint density at radius 3 is 2.40 bits per heavy atom. The summed E-state index contributed by atoms with van der Waals surface area (Å²) in [6.45, 7) is 4.78. The van der Waals surface area contributed by atoms with E-state index < -0.39 is 12.1 Å². The van der Waals surface area contributed by atoms with E-state index in [0.717, 1.165) is 0 Å². The van der Waals surface area contributed by atoms with Crippen LogP contribution >= 0.6 is 0 Å². The minimum Gasteiger partial charge on any atom is -0.546 e. The van der Waals surface area contributed by atoms with E-state index in [1.54, 1.807) is 13.8 Å². The minimum absolute atomic E-state index is 0.674. The molecule has 0 saturated carbocycles. The van der Waals surface area contributed by atoms with Crippen LogP contribution in [0.25, 0.3) is 0 Å². The summed E-state index contributed by atoms with van der Waals surface area (Å²) in [4.78, 5) is 14.5. The van der Waals surface area contributed by atoms with Gasteiger partial charge in [-0.2, -0.15) is 0 Å². The van der Waals surface area contributed by atoms with Crippen molar-refractivity contribution in [2.75, 3.05) is 0 Å². The van der Waals surface area contributed by atoms with Gasteiger partial charge in [0.25, 0.3) is 0 Å². The average molecular weight is 144 g/mol. The molecule has 0 rings (SSSR count). The number of aliphatic carboxylic acids is 1. The number of carbonyl (C=O) groups excluding carboxylic acids is 1. The summed E-state index contributed by atoms with van der Waals surface area (Å²) < 4.78 is 0. The van der Waals surface area contributed by atoms with E-state index in [4.69, 9.17) is 0 Å². The number of carboxylic acids is 1. The lowest BCUT2D eigenvalue weighted by molar-refractivity contribution is -0.316. The standard InChI is InChI=1S/C6H11NO3/c1-4(2)7-10-5(3)6(8)9/h5H,1-3H3,(H,8,9)/p-1/t5-/m0/s1. The van der Waals surface area contributed by atoms with E-state index in [1.165, 1.54) is 6.92 Å². The van der Waals surface area contributed by atoms with Crippen molar-refractivity contribution >= 4 is 11.7 Å². The molecule has 0 aromatic carbocycles. The maximum absolute atomic E-state index is 10.0. The Morgan fingerprint density at radius 1 is 1.60 bits per heavy atom. The molecule has 0 heterocycles. The van der Waals surface area contributed by atoms with E-state index in [9.17, 15) is 9.90 Å². The monoisotopic (exact) mass is 144 g/mol. The van der Waals surface area contributed by atoms with Crippen molar-refractivity contribution < 1.29 is 14.7 Å². The van der Waals surface area contributed by atoms with E-state index in [-0.39, 0.29) is 0 Å². The molecular formula is C6H10NO3-. The smallest absolute Gasteiger partial charge is 0.163 e. The number of oxime groups is 1. The van der Waals surface area contributed by atoms with Crippen molar-refractivity contribution in [3.05, 3.63) is 0 Å². The summed E-state index contributed by atoms with van der Waals surface area (Å²) in [5, 5.41) is 13.4. The Morgan fingerprint density at radius 2 is 2.10 bits per heavy atom. The van der Waals surface area contributed by atoms with Gasteiger partial charge in [0, 0.05) is 0 Å². The Hall–Kier alpha value is -1.06. The largest absolute Gasteiger partial charge is 0.546 e. The van der Waals surface area contributed by atoms with Gasteiger partial charge >= 0.3 is 0 Å². The first-order valence-corrected chi connectivity index (χ1v) is 2.92. The molecule has 0 bridgehead atoms. The van der Waals surface area contributed by atoms with Crippen LogP contribution < -0.4 is 5.11 Å². The Kier molecular flexibility index (Phi) is 3.46. The highest BCUT2D eigenvalue weighted by Gasteiger charge is 2.00. The highest BCUT2D eigenvalue weighted by atomic mass is 16.6. The molecule has 0 saturated heterocycles. The van der Waals surface area contributed by atoms with Gasteiger partial charge in [0.05, 0.1) is 11.7 Å². The van der Waals surface area contributed by atoms with Crippen LogP contribution in [0.3, 0.4) is 0 Å². The number of hydrogen-bond acceptors (Lipinski definition) is 4. The fourth-order valence-corrected chi connectivity index (χ4v) is 0.227. The van der Waals surface area contributed by atoms with E-state index >= 15 is 0 Å². The highest BCUT2D eigenvalue weighted by molar-refractivity contribution is 5.78. The molecule has 58 valence electrons. The highest BCUT2D eigenvalue weighted by Crippen LogP contribution is 1.89. The number of nitrogens with zero attached hydrogens (tertiary/aromatic N) is 1. The van der Waals surface area contributed by atoms with Gasteiger partial charge in [-0.3, -0.25) is 0 Å². The normalized spacial score (nSPS) is 11.9. The molecule has 0 aromatic heterocycles. The van der Waals surface area contributed by atoms with Gasteiger partial charge in [-0.15, -0.1) is 0 Å². The lowest BCUT2D eigenvalue weighted by atomic mass is 10.4. The number of carbonyl (C=O) groups is 1. The van der Waals surface area contributed by atoms with Crippen molar-refractivity contribution in [1.82, 2.24) is 0 Å². The third kappa shape index (κ3) is 3.88. The molecule has 0 N–H and O–H groups in total. The second kappa shape index (κ2) is 3.87. The molecule has 0 aromatic rings. The number of rotatable bonds is 3. The Bertz CT molecular complexity index is 149. The van der Waals surface area contributed by atoms with Gasteiger partial charge in [0.2, 0.25) is 0 Å². The molecule has 0 fully saturated rings. The summed E-state index contributed by atoms with van der Waals surface area (Å²) >= 11 is 0. The predicted octanol–water partition coefficient (Wildman–Crippen LogP) is -0.463. The van der Waals surface area contributed by atoms with Crippen molar-refractivity contribution in [3.8, 4) is 0 Å². The summed E-state index contributed by atoms with van der Waals surface area (Å²) in [5.41, 5.74) is 0.674. The van der Waals surface area contributed by atoms with Crippen LogP contribution in [0, 0.1) is 0 Å². The van der Waals surface area contributed by atoms with Crippen LogP contribution in [0.15, 0.2) is 5.16 Å². The molecule has 0 spiro atoms. The summed E-state index contributed by atoms with van der Waals surface area (Å²) in [5.74, 6) is -1.26. The second-order valence-electron chi connectivity index (χ2n) is 2.11. The topological polar surface area (TPSA) is 61.7 Å². The van der Waals surface area contributed by atoms with Crippen molar-refractivity contribution in [3.63, 3.8) is 0 Å². The van der Waals surface area contributed by atoms with Crippen molar-refractivity contribution in [2.45, 2.75) is 26.9 Å². The van der Waals surface area contributed by atoms with Crippen LogP contribution in [0.2, 0.25) is 0 Å². The SMILES string of the molecule is CC(C)=NO[C@@H](C)C(=O)[O-]. The molecule has 0 amide bonds. The molecule has 0 aliphatic heterocycles. The fourth-order valence-electron chi connectivity index (χ4n) is 0.227. The lowest BCUT2D eigenvalue weighted by Gasteiger charge is -2.09. The second-order valence-corrected chi connectivity index (χ2v) is 2.11. The molecule has 4 heteroatoms. The van der Waals surface area contributed by atoms with Gasteiger partial charge in [-0.25, -0.2) is 0 Å². The van der Waals surface area contributed by atoms with Gasteiger partial charge in [0.1, 0.15) is 0 Å². The zero-order valence-electron chi connectivity index (χ0n) is 6.25. The van der Waals surface area contributed by atoms with E-state index in [2.05, 4.69) is 9.99 Å². The van der Waals surface area contributed by atoms with E-state index in [0.29, 0.717) is 5.71 Å². The van der Waals surface area contributed by atoms with Crippen LogP contribution in [-0.2, 0) is 9.63 Å². The third-order valence-electron chi connectivity index (χ3n) is 0.725. The molecular weight excluding hydrogens is 134 g/mol. The summed E-state index contributed by atoms with van der Waals surface area (Å²) in [7, 11) is 0. The third-order valence-corrected chi connectivity index (χ3v) is 0.725. The first-order chi connectivity index (χ1) is 4.54. The molecule has 4 nitrogen and oxygen atoms in total. The van der Waals surface area contributed by atoms with Gasteiger partial charge in [0.15, 0.2) is 6.10 Å². The number of hydrogen-bond donors (Lipinski definition) is 0. The van der Waals surface area contributed by atoms with Gasteiger partial charge < -0.3 is 14.7 Å². The van der Waals surface area contributed by atoms with E-state index in [1.807, 2.05) is 0 Å². The maximum atomic E-state index is 10.0. The Labute approximate surface area is 59.5 Å². The first kappa shape index (κ1) is 8.94. The fraction of sp³-hybridized carbons (Fsp3) is 0.667. The molecule has 0 aliphatic rings. The summed E-state index contributed by atoms with van der Waals surface area (Å²) in [6.07, 6.45) is -0.977. The molecule has 10 heavy (non-hydrogen) atoms. The number of carboxylic acid groups (broad SMARTS) is 1. The van der Waals surface area contributed by atoms with Crippen molar-refractivity contribution in [1.29, 1.82) is 0 Å². The average Bonchev–Trinajstić information content (AvgIpc) is 1.82. The quantitative estimate of drug-likeness (QED) is 0.397. The van der Waals surface area contributed by atoms with Gasteiger partial charge in [-0.05, 0) is 20.8 Å². The molecule has 0 aliphatic carbocycles. The van der Waals surface area contributed by atoms with Gasteiger partial charge in [-0.1, -0.05) is 5.16 Å². The lowest BCUT2D eigenvalue weighted by Crippen LogP contribution is -2.34. The maximum Gasteiger partial charge on any atom is 0.163 e. The predicted molar refractivity (Wildman–Crippen MR) is 34.3 cm³/mol. The van der Waals surface area contributed by atoms with Crippen LogP contribution in [0.5, 0.6) is 0 Å². The zero-order valence-corrected chi connectivity index (χ0v) is 6.25. The summed E-state index contributed by atoms with van der Waals surface area (Å²) in [6, 6.07) is 0. The van der Waals surface area contributed by atoms with Crippen LogP contribution in [-0.4, -0.2) is 17.8 Å². The molecule has 1 atom stereocenters. The minimum atomic E-state index is -1.26. The Balaban J connectivity index is 3.70. The van der Waals surface area contributed by atoms with Crippen LogP contribution in [0.1, 0.15) is 20.8 Å². The van der Waals surface area contributed by atoms with Crippen LogP contribution in [0.4, 0.5) is 0 Å². The molecule has 0 radical (unpaired) electrons. The first-order valence-electron chi connectivity index (χ1n) is 2.92.